The first kappa shape index (κ1) is 21.1. The molecule has 0 spiro atoms. The van der Waals surface area contributed by atoms with E-state index in [1.807, 2.05) is 22.8 Å². The maximum Gasteiger partial charge on any atom is 0.264 e. The molecule has 0 radical (unpaired) electrons. The Balaban J connectivity index is 1.38. The summed E-state index contributed by atoms with van der Waals surface area (Å²) >= 11 is 1.46. The maximum atomic E-state index is 14.1. The summed E-state index contributed by atoms with van der Waals surface area (Å²) < 4.78 is 14.1. The van der Waals surface area contributed by atoms with Crippen molar-refractivity contribution in [1.82, 2.24) is 14.9 Å². The number of piperazine rings is 1. The third kappa shape index (κ3) is 3.70. The van der Waals surface area contributed by atoms with Crippen LogP contribution in [0.15, 0.2) is 30.6 Å². The standard InChI is InChI=1S/C24H28FN5OS/c1-16-7-5-6-10-30(16)22-20-17(2)21(32-23(20)27-15-26-22)24(31)29-13-11-28(12-14-29)19-9-4-3-8-18(19)25/h3-4,8-9,15-16H,5-7,10-14H2,1-2H3. The number of carbonyl (C=O) groups excluding carboxylic acids is 1. The van der Waals surface area contributed by atoms with Crippen molar-refractivity contribution in [2.45, 2.75) is 39.2 Å². The molecule has 0 N–H and O–H groups in total. The molecule has 2 aliphatic rings. The summed E-state index contributed by atoms with van der Waals surface area (Å²) in [6.45, 7) is 7.63. The van der Waals surface area contributed by atoms with Gasteiger partial charge < -0.3 is 14.7 Å². The number of hydrogen-bond donors (Lipinski definition) is 0. The second-order valence-electron chi connectivity index (χ2n) is 8.70. The van der Waals surface area contributed by atoms with E-state index in [-0.39, 0.29) is 11.7 Å². The largest absolute Gasteiger partial charge is 0.366 e. The number of hydrogen-bond acceptors (Lipinski definition) is 6. The van der Waals surface area contributed by atoms with Gasteiger partial charge >= 0.3 is 0 Å². The Morgan fingerprint density at radius 3 is 2.62 bits per heavy atom. The van der Waals surface area contributed by atoms with Gasteiger partial charge in [0.2, 0.25) is 0 Å². The quantitative estimate of drug-likeness (QED) is 0.585. The van der Waals surface area contributed by atoms with Crippen molar-refractivity contribution in [2.75, 3.05) is 42.5 Å². The molecule has 0 aliphatic carbocycles. The van der Waals surface area contributed by atoms with Crippen LogP contribution in [0.4, 0.5) is 15.9 Å². The maximum absolute atomic E-state index is 14.1. The molecule has 1 amide bonds. The number of fused-ring (bicyclic) bond motifs is 1. The molecule has 1 atom stereocenters. The van der Waals surface area contributed by atoms with Gasteiger partial charge in [-0.05, 0) is 50.8 Å². The number of aryl methyl sites for hydroxylation is 1. The molecule has 32 heavy (non-hydrogen) atoms. The van der Waals surface area contributed by atoms with Gasteiger partial charge in [0.25, 0.3) is 5.91 Å². The normalized spacial score (nSPS) is 19.6. The first-order valence-electron chi connectivity index (χ1n) is 11.3. The van der Waals surface area contributed by atoms with E-state index >= 15 is 0 Å². The zero-order chi connectivity index (χ0) is 22.2. The summed E-state index contributed by atoms with van der Waals surface area (Å²) in [4.78, 5) is 30.4. The summed E-state index contributed by atoms with van der Waals surface area (Å²) in [5.74, 6) is 0.779. The number of nitrogens with zero attached hydrogens (tertiary/aromatic N) is 5. The fourth-order valence-corrected chi connectivity index (χ4v) is 6.00. The number of rotatable bonds is 3. The smallest absolute Gasteiger partial charge is 0.264 e. The summed E-state index contributed by atoms with van der Waals surface area (Å²) in [5, 5.41) is 1.01. The topological polar surface area (TPSA) is 52.6 Å². The molecule has 3 aromatic rings. The van der Waals surface area contributed by atoms with Crippen molar-refractivity contribution >= 4 is 39.0 Å². The highest BCUT2D eigenvalue weighted by Gasteiger charge is 2.29. The summed E-state index contributed by atoms with van der Waals surface area (Å²) in [6.07, 6.45) is 5.19. The van der Waals surface area contributed by atoms with Gasteiger partial charge in [0.1, 0.15) is 22.8 Å². The van der Waals surface area contributed by atoms with Crippen molar-refractivity contribution in [3.8, 4) is 0 Å². The van der Waals surface area contributed by atoms with Gasteiger partial charge in [0.05, 0.1) is 16.0 Å². The highest BCUT2D eigenvalue weighted by atomic mass is 32.1. The molecule has 2 aromatic heterocycles. The average molecular weight is 454 g/mol. The fraction of sp³-hybridized carbons (Fsp3) is 0.458. The van der Waals surface area contributed by atoms with E-state index in [2.05, 4.69) is 21.8 Å². The van der Waals surface area contributed by atoms with Crippen molar-refractivity contribution < 1.29 is 9.18 Å². The Bertz CT molecular complexity index is 1140. The van der Waals surface area contributed by atoms with Crippen LogP contribution in [0.1, 0.15) is 41.4 Å². The van der Waals surface area contributed by atoms with Crippen LogP contribution in [0.2, 0.25) is 0 Å². The molecular formula is C24H28FN5OS. The van der Waals surface area contributed by atoms with Crippen LogP contribution in [0.25, 0.3) is 10.2 Å². The van der Waals surface area contributed by atoms with E-state index < -0.39 is 0 Å². The number of para-hydroxylation sites is 1. The number of piperidine rings is 1. The molecule has 2 saturated heterocycles. The van der Waals surface area contributed by atoms with Gasteiger partial charge in [-0.3, -0.25) is 4.79 Å². The van der Waals surface area contributed by atoms with Crippen molar-refractivity contribution in [2.24, 2.45) is 0 Å². The first-order valence-corrected chi connectivity index (χ1v) is 12.2. The fourth-order valence-electron chi connectivity index (χ4n) is 4.89. The van der Waals surface area contributed by atoms with E-state index in [4.69, 9.17) is 0 Å². The number of thiophene rings is 1. The van der Waals surface area contributed by atoms with E-state index in [1.54, 1.807) is 18.5 Å². The molecule has 2 fully saturated rings. The van der Waals surface area contributed by atoms with Gasteiger partial charge in [-0.15, -0.1) is 11.3 Å². The Hall–Kier alpha value is -2.74. The molecule has 2 aliphatic heterocycles. The van der Waals surface area contributed by atoms with E-state index in [9.17, 15) is 9.18 Å². The number of benzene rings is 1. The molecule has 1 unspecified atom stereocenters. The monoisotopic (exact) mass is 453 g/mol. The van der Waals surface area contributed by atoms with Gasteiger partial charge in [-0.2, -0.15) is 0 Å². The summed E-state index contributed by atoms with van der Waals surface area (Å²) in [6, 6.07) is 7.26. The average Bonchev–Trinajstić information content (AvgIpc) is 3.16. The second kappa shape index (κ2) is 8.65. The molecule has 1 aromatic carbocycles. The Labute approximate surface area is 191 Å². The predicted molar refractivity (Wildman–Crippen MR) is 127 cm³/mol. The first-order chi connectivity index (χ1) is 15.5. The van der Waals surface area contributed by atoms with Crippen molar-refractivity contribution in [1.29, 1.82) is 0 Å². The van der Waals surface area contributed by atoms with Crippen LogP contribution in [-0.2, 0) is 0 Å². The SMILES string of the molecule is Cc1c(C(=O)N2CCN(c3ccccc3F)CC2)sc2ncnc(N3CCCCC3C)c12. The molecule has 0 bridgehead atoms. The third-order valence-corrected chi connectivity index (χ3v) is 7.92. The molecule has 168 valence electrons. The van der Waals surface area contributed by atoms with E-state index in [0.29, 0.717) is 37.9 Å². The van der Waals surface area contributed by atoms with Gasteiger partial charge in [-0.25, -0.2) is 14.4 Å². The zero-order valence-corrected chi connectivity index (χ0v) is 19.4. The highest BCUT2D eigenvalue weighted by Crippen LogP contribution is 2.37. The highest BCUT2D eigenvalue weighted by molar-refractivity contribution is 7.20. The Morgan fingerprint density at radius 2 is 1.88 bits per heavy atom. The molecule has 8 heteroatoms. The number of carbonyl (C=O) groups is 1. The van der Waals surface area contributed by atoms with Crippen LogP contribution in [0.5, 0.6) is 0 Å². The Morgan fingerprint density at radius 1 is 1.09 bits per heavy atom. The number of halogens is 1. The molecule has 0 saturated carbocycles. The Kier molecular flexibility index (Phi) is 5.71. The van der Waals surface area contributed by atoms with E-state index in [0.717, 1.165) is 45.9 Å². The van der Waals surface area contributed by atoms with Crippen LogP contribution in [0.3, 0.4) is 0 Å². The van der Waals surface area contributed by atoms with Crippen LogP contribution in [-0.4, -0.2) is 59.5 Å². The van der Waals surface area contributed by atoms with Gasteiger partial charge in [0, 0.05) is 38.8 Å². The minimum atomic E-state index is -0.217. The van der Waals surface area contributed by atoms with Crippen molar-refractivity contribution in [3.05, 3.63) is 46.9 Å². The van der Waals surface area contributed by atoms with Gasteiger partial charge in [-0.1, -0.05) is 12.1 Å². The van der Waals surface area contributed by atoms with E-state index in [1.165, 1.54) is 23.8 Å². The van der Waals surface area contributed by atoms with Crippen LogP contribution in [0, 0.1) is 12.7 Å². The molecular weight excluding hydrogens is 425 g/mol. The summed E-state index contributed by atoms with van der Waals surface area (Å²) in [5.41, 5.74) is 1.58. The lowest BCUT2D eigenvalue weighted by atomic mass is 10.0. The van der Waals surface area contributed by atoms with Crippen LogP contribution < -0.4 is 9.80 Å². The molecule has 6 nitrogen and oxygen atoms in total. The van der Waals surface area contributed by atoms with Crippen LogP contribution >= 0.6 is 11.3 Å². The minimum absolute atomic E-state index is 0.0383. The number of amides is 1. The zero-order valence-electron chi connectivity index (χ0n) is 18.6. The predicted octanol–water partition coefficient (Wildman–Crippen LogP) is 4.48. The number of aromatic nitrogens is 2. The minimum Gasteiger partial charge on any atom is -0.366 e. The lowest BCUT2D eigenvalue weighted by Crippen LogP contribution is -2.49. The third-order valence-electron chi connectivity index (χ3n) is 6.74. The number of anilines is 2. The lowest BCUT2D eigenvalue weighted by molar-refractivity contribution is 0.0751. The summed E-state index contributed by atoms with van der Waals surface area (Å²) in [7, 11) is 0. The molecule has 5 rings (SSSR count). The van der Waals surface area contributed by atoms with Gasteiger partial charge in [0.15, 0.2) is 0 Å². The lowest BCUT2D eigenvalue weighted by Gasteiger charge is -2.36. The van der Waals surface area contributed by atoms with Crippen molar-refractivity contribution in [3.63, 3.8) is 0 Å². The molecule has 4 heterocycles. The second-order valence-corrected chi connectivity index (χ2v) is 9.70.